The van der Waals surface area contributed by atoms with Gasteiger partial charge in [-0.1, -0.05) is 12.1 Å². The number of hydrogen-bond donors (Lipinski definition) is 0. The van der Waals surface area contributed by atoms with Crippen molar-refractivity contribution in [2.45, 2.75) is 33.0 Å². The SMILES string of the molecule is CC(C)(C)OCc1ccc(-c2cocn2)cc1F. The second-order valence-corrected chi connectivity index (χ2v) is 5.08. The lowest BCUT2D eigenvalue weighted by atomic mass is 10.1. The van der Waals surface area contributed by atoms with Crippen LogP contribution in [0.2, 0.25) is 0 Å². The van der Waals surface area contributed by atoms with Crippen molar-refractivity contribution in [2.24, 2.45) is 0 Å². The minimum atomic E-state index is -0.292. The molecule has 4 heteroatoms. The van der Waals surface area contributed by atoms with E-state index in [-0.39, 0.29) is 18.0 Å². The summed E-state index contributed by atoms with van der Waals surface area (Å²) < 4.78 is 24.3. The van der Waals surface area contributed by atoms with Crippen LogP contribution in [0.25, 0.3) is 11.3 Å². The molecule has 2 rings (SSSR count). The van der Waals surface area contributed by atoms with Crippen molar-refractivity contribution in [3.05, 3.63) is 42.2 Å². The van der Waals surface area contributed by atoms with Gasteiger partial charge >= 0.3 is 0 Å². The maximum atomic E-state index is 13.9. The second-order valence-electron chi connectivity index (χ2n) is 5.08. The van der Waals surface area contributed by atoms with Gasteiger partial charge in [0.25, 0.3) is 0 Å². The van der Waals surface area contributed by atoms with Crippen LogP contribution < -0.4 is 0 Å². The maximum absolute atomic E-state index is 13.9. The van der Waals surface area contributed by atoms with Crippen LogP contribution in [0.1, 0.15) is 26.3 Å². The highest BCUT2D eigenvalue weighted by molar-refractivity contribution is 5.58. The van der Waals surface area contributed by atoms with E-state index in [1.807, 2.05) is 26.8 Å². The first-order valence-corrected chi connectivity index (χ1v) is 5.77. The van der Waals surface area contributed by atoms with Gasteiger partial charge in [0.05, 0.1) is 12.2 Å². The molecule has 0 radical (unpaired) electrons. The monoisotopic (exact) mass is 249 g/mol. The van der Waals surface area contributed by atoms with E-state index >= 15 is 0 Å². The van der Waals surface area contributed by atoms with E-state index in [0.29, 0.717) is 16.8 Å². The van der Waals surface area contributed by atoms with Crippen molar-refractivity contribution in [3.8, 4) is 11.3 Å². The summed E-state index contributed by atoms with van der Waals surface area (Å²) in [5.74, 6) is -0.292. The van der Waals surface area contributed by atoms with Crippen LogP contribution >= 0.6 is 0 Å². The number of hydrogen-bond acceptors (Lipinski definition) is 3. The van der Waals surface area contributed by atoms with Crippen molar-refractivity contribution in [3.63, 3.8) is 0 Å². The summed E-state index contributed by atoms with van der Waals surface area (Å²) in [6.07, 6.45) is 2.81. The van der Waals surface area contributed by atoms with Crippen LogP contribution in [0.15, 0.2) is 35.3 Å². The van der Waals surface area contributed by atoms with E-state index in [2.05, 4.69) is 4.98 Å². The van der Waals surface area contributed by atoms with Gasteiger partial charge in [-0.2, -0.15) is 0 Å². The third kappa shape index (κ3) is 3.17. The lowest BCUT2D eigenvalue weighted by Crippen LogP contribution is -2.19. The highest BCUT2D eigenvalue weighted by atomic mass is 19.1. The Kier molecular flexibility index (Phi) is 3.48. The summed E-state index contributed by atoms with van der Waals surface area (Å²) in [7, 11) is 0. The molecule has 0 saturated carbocycles. The van der Waals surface area contributed by atoms with E-state index in [1.54, 1.807) is 6.07 Å². The minimum absolute atomic E-state index is 0.258. The largest absolute Gasteiger partial charge is 0.451 e. The van der Waals surface area contributed by atoms with Gasteiger partial charge in [0, 0.05) is 11.1 Å². The van der Waals surface area contributed by atoms with E-state index in [9.17, 15) is 4.39 Å². The molecule has 0 N–H and O–H groups in total. The molecule has 1 aromatic heterocycles. The quantitative estimate of drug-likeness (QED) is 0.830. The van der Waals surface area contributed by atoms with Crippen molar-refractivity contribution < 1.29 is 13.5 Å². The maximum Gasteiger partial charge on any atom is 0.181 e. The van der Waals surface area contributed by atoms with Crippen LogP contribution in [0, 0.1) is 5.82 Å². The zero-order valence-electron chi connectivity index (χ0n) is 10.7. The molecule has 0 aliphatic heterocycles. The van der Waals surface area contributed by atoms with Gasteiger partial charge in [-0.3, -0.25) is 0 Å². The van der Waals surface area contributed by atoms with Gasteiger partial charge in [0.2, 0.25) is 0 Å². The molecule has 96 valence electrons. The predicted molar refractivity (Wildman–Crippen MR) is 66.4 cm³/mol. The summed E-state index contributed by atoms with van der Waals surface area (Å²) >= 11 is 0. The molecule has 3 nitrogen and oxygen atoms in total. The van der Waals surface area contributed by atoms with Gasteiger partial charge in [0.15, 0.2) is 6.39 Å². The Morgan fingerprint density at radius 1 is 1.33 bits per heavy atom. The fraction of sp³-hybridized carbons (Fsp3) is 0.357. The van der Waals surface area contributed by atoms with Gasteiger partial charge in [-0.15, -0.1) is 0 Å². The lowest BCUT2D eigenvalue weighted by Gasteiger charge is -2.19. The number of halogens is 1. The second kappa shape index (κ2) is 4.90. The topological polar surface area (TPSA) is 35.3 Å². The van der Waals surface area contributed by atoms with Crippen molar-refractivity contribution in [1.29, 1.82) is 0 Å². The van der Waals surface area contributed by atoms with Gasteiger partial charge in [-0.25, -0.2) is 9.37 Å². The first kappa shape index (κ1) is 12.8. The number of ether oxygens (including phenoxy) is 1. The van der Waals surface area contributed by atoms with E-state index in [0.717, 1.165) is 0 Å². The molecule has 1 aromatic carbocycles. The Morgan fingerprint density at radius 3 is 2.67 bits per heavy atom. The third-order valence-electron chi connectivity index (χ3n) is 2.44. The molecule has 0 aliphatic carbocycles. The smallest absolute Gasteiger partial charge is 0.181 e. The first-order valence-electron chi connectivity index (χ1n) is 5.77. The van der Waals surface area contributed by atoms with Crippen LogP contribution in [0.4, 0.5) is 4.39 Å². The Balaban J connectivity index is 2.16. The highest BCUT2D eigenvalue weighted by Gasteiger charge is 2.13. The molecule has 2 aromatic rings. The zero-order chi connectivity index (χ0) is 13.2. The van der Waals surface area contributed by atoms with E-state index in [1.165, 1.54) is 18.7 Å². The van der Waals surface area contributed by atoms with Crippen LogP contribution in [-0.4, -0.2) is 10.6 Å². The normalized spacial score (nSPS) is 11.8. The Labute approximate surface area is 106 Å². The number of nitrogens with zero attached hydrogens (tertiary/aromatic N) is 1. The number of aromatic nitrogens is 1. The minimum Gasteiger partial charge on any atom is -0.451 e. The molecule has 18 heavy (non-hydrogen) atoms. The van der Waals surface area contributed by atoms with Gasteiger partial charge in [0.1, 0.15) is 17.8 Å². The van der Waals surface area contributed by atoms with Gasteiger partial charge < -0.3 is 9.15 Å². The predicted octanol–water partition coefficient (Wildman–Crippen LogP) is 3.80. The van der Waals surface area contributed by atoms with E-state index in [4.69, 9.17) is 9.15 Å². The molecule has 0 spiro atoms. The fourth-order valence-corrected chi connectivity index (χ4v) is 1.47. The Hall–Kier alpha value is -1.68. The van der Waals surface area contributed by atoms with Crippen LogP contribution in [0.3, 0.4) is 0 Å². The molecule has 0 amide bonds. The molecular formula is C14H16FNO2. The summed E-state index contributed by atoms with van der Waals surface area (Å²) in [5, 5.41) is 0. The molecule has 0 unspecified atom stereocenters. The first-order chi connectivity index (χ1) is 8.46. The number of rotatable bonds is 3. The molecular weight excluding hydrogens is 233 g/mol. The fourth-order valence-electron chi connectivity index (χ4n) is 1.47. The molecule has 0 fully saturated rings. The number of oxazole rings is 1. The summed E-state index contributed by atoms with van der Waals surface area (Å²) in [5.41, 5.74) is 1.58. The van der Waals surface area contributed by atoms with Crippen LogP contribution in [-0.2, 0) is 11.3 Å². The summed E-state index contributed by atoms with van der Waals surface area (Å²) in [4.78, 5) is 3.98. The highest BCUT2D eigenvalue weighted by Crippen LogP contribution is 2.21. The molecule has 0 bridgehead atoms. The Bertz CT molecular complexity index is 515. The lowest BCUT2D eigenvalue weighted by molar-refractivity contribution is -0.0161. The number of benzene rings is 1. The third-order valence-corrected chi connectivity index (χ3v) is 2.44. The van der Waals surface area contributed by atoms with Crippen molar-refractivity contribution >= 4 is 0 Å². The van der Waals surface area contributed by atoms with Crippen LogP contribution in [0.5, 0.6) is 0 Å². The average molecular weight is 249 g/mol. The molecule has 1 heterocycles. The molecule has 0 saturated heterocycles. The summed E-state index contributed by atoms with van der Waals surface area (Å²) in [6, 6.07) is 4.96. The van der Waals surface area contributed by atoms with Crippen molar-refractivity contribution in [1.82, 2.24) is 4.98 Å². The standard InChI is InChI=1S/C14H16FNO2/c1-14(2,3)18-7-11-5-4-10(6-12(11)15)13-8-17-9-16-13/h4-6,8-9H,7H2,1-3H3. The average Bonchev–Trinajstić information content (AvgIpc) is 2.79. The van der Waals surface area contributed by atoms with Gasteiger partial charge in [-0.05, 0) is 26.8 Å². The molecule has 0 atom stereocenters. The summed E-state index contributed by atoms with van der Waals surface area (Å²) in [6.45, 7) is 6.08. The van der Waals surface area contributed by atoms with E-state index < -0.39 is 0 Å². The Morgan fingerprint density at radius 2 is 2.11 bits per heavy atom. The molecule has 0 aliphatic rings. The van der Waals surface area contributed by atoms with Crippen molar-refractivity contribution in [2.75, 3.05) is 0 Å². The zero-order valence-corrected chi connectivity index (χ0v) is 10.7.